The van der Waals surface area contributed by atoms with Crippen molar-refractivity contribution < 1.29 is 18.0 Å². The minimum absolute atomic E-state index is 0.0996. The highest BCUT2D eigenvalue weighted by molar-refractivity contribution is 8.00. The van der Waals surface area contributed by atoms with E-state index in [1.807, 2.05) is 0 Å². The second-order valence-electron chi connectivity index (χ2n) is 4.15. The first-order valence-corrected chi connectivity index (χ1v) is 7.00. The second-order valence-corrected chi connectivity index (χ2v) is 5.29. The van der Waals surface area contributed by atoms with Crippen molar-refractivity contribution in [2.75, 3.05) is 5.32 Å². The summed E-state index contributed by atoms with van der Waals surface area (Å²) in [6.45, 7) is 0. The van der Waals surface area contributed by atoms with Gasteiger partial charge in [0.05, 0.1) is 0 Å². The molecule has 7 heteroatoms. The first-order chi connectivity index (χ1) is 10.4. The van der Waals surface area contributed by atoms with E-state index in [4.69, 9.17) is 0 Å². The van der Waals surface area contributed by atoms with Gasteiger partial charge in [-0.25, -0.2) is 4.98 Å². The summed E-state index contributed by atoms with van der Waals surface area (Å²) in [5.41, 5.74) is -3.68. The maximum absolute atomic E-state index is 12.2. The van der Waals surface area contributed by atoms with Gasteiger partial charge in [0, 0.05) is 17.2 Å². The average molecular weight is 324 g/mol. The van der Waals surface area contributed by atoms with Gasteiger partial charge < -0.3 is 5.32 Å². The number of aromatic nitrogens is 1. The number of carbonyl (C=O) groups is 1. The summed E-state index contributed by atoms with van der Waals surface area (Å²) in [7, 11) is 0. The molecule has 0 unspecified atom stereocenters. The third-order valence-electron chi connectivity index (χ3n) is 2.46. The Labute approximate surface area is 129 Å². The Morgan fingerprint density at radius 3 is 2.45 bits per heavy atom. The van der Waals surface area contributed by atoms with Crippen LogP contribution in [0, 0.1) is 0 Å². The third kappa shape index (κ3) is 5.61. The number of pyridine rings is 1. The van der Waals surface area contributed by atoms with Crippen LogP contribution >= 0.6 is 11.8 Å². The molecule has 0 saturated heterocycles. The van der Waals surface area contributed by atoms with Crippen molar-refractivity contribution in [2.24, 2.45) is 0 Å². The Kier molecular flexibility index (Phi) is 5.21. The van der Waals surface area contributed by atoms with Gasteiger partial charge >= 0.3 is 5.51 Å². The molecule has 0 aliphatic rings. The molecule has 1 aromatic carbocycles. The molecular formula is C15H11F3N2OS. The number of nitrogens with zero attached hydrogens (tertiary/aromatic N) is 1. The summed E-state index contributed by atoms with van der Waals surface area (Å²) in [6, 6.07) is 10.9. The SMILES string of the molecule is O=C(/C=C/c1ccc(SC(F)(F)F)cc1)Nc1ccccn1. The zero-order chi connectivity index (χ0) is 16.0. The number of anilines is 1. The van der Waals surface area contributed by atoms with Crippen molar-refractivity contribution in [3.8, 4) is 0 Å². The molecule has 0 atom stereocenters. The smallest absolute Gasteiger partial charge is 0.307 e. The molecule has 114 valence electrons. The predicted octanol–water partition coefficient (Wildman–Crippen LogP) is 4.35. The lowest BCUT2D eigenvalue weighted by atomic mass is 10.2. The third-order valence-corrected chi connectivity index (χ3v) is 3.20. The molecule has 1 amide bonds. The van der Waals surface area contributed by atoms with Crippen LogP contribution in [-0.4, -0.2) is 16.4 Å². The Balaban J connectivity index is 1.94. The molecule has 0 aliphatic heterocycles. The molecule has 2 rings (SSSR count). The van der Waals surface area contributed by atoms with Crippen molar-refractivity contribution in [2.45, 2.75) is 10.4 Å². The minimum atomic E-state index is -4.31. The summed E-state index contributed by atoms with van der Waals surface area (Å²) < 4.78 is 36.6. The lowest BCUT2D eigenvalue weighted by molar-refractivity contribution is -0.111. The van der Waals surface area contributed by atoms with Gasteiger partial charge in [-0.05, 0) is 47.7 Å². The zero-order valence-corrected chi connectivity index (χ0v) is 12.0. The van der Waals surface area contributed by atoms with Gasteiger partial charge in [-0.2, -0.15) is 13.2 Å². The number of halogens is 3. The van der Waals surface area contributed by atoms with Crippen LogP contribution in [0.15, 0.2) is 59.6 Å². The predicted molar refractivity (Wildman–Crippen MR) is 80.3 cm³/mol. The summed E-state index contributed by atoms with van der Waals surface area (Å²) in [6.07, 6.45) is 4.36. The monoisotopic (exact) mass is 324 g/mol. The number of amides is 1. The van der Waals surface area contributed by atoms with Crippen molar-refractivity contribution in [1.29, 1.82) is 0 Å². The lowest BCUT2D eigenvalue weighted by Crippen LogP contribution is -2.08. The average Bonchev–Trinajstić information content (AvgIpc) is 2.46. The molecule has 22 heavy (non-hydrogen) atoms. The quantitative estimate of drug-likeness (QED) is 0.672. The molecule has 0 radical (unpaired) electrons. The maximum atomic E-state index is 12.2. The molecule has 0 spiro atoms. The van der Waals surface area contributed by atoms with Gasteiger partial charge in [-0.3, -0.25) is 4.79 Å². The molecule has 2 aromatic rings. The Morgan fingerprint density at radius 1 is 1.14 bits per heavy atom. The van der Waals surface area contributed by atoms with Crippen LogP contribution in [0.25, 0.3) is 6.08 Å². The Bertz CT molecular complexity index is 655. The summed E-state index contributed by atoms with van der Waals surface area (Å²) in [4.78, 5) is 15.7. The van der Waals surface area contributed by atoms with E-state index in [-0.39, 0.29) is 22.6 Å². The number of carbonyl (C=O) groups excluding carboxylic acids is 1. The van der Waals surface area contributed by atoms with E-state index in [1.165, 1.54) is 36.4 Å². The van der Waals surface area contributed by atoms with Gasteiger partial charge in [0.2, 0.25) is 5.91 Å². The fourth-order valence-electron chi connectivity index (χ4n) is 1.56. The highest BCUT2D eigenvalue weighted by Crippen LogP contribution is 2.36. The molecule has 0 bridgehead atoms. The number of thioether (sulfide) groups is 1. The normalized spacial score (nSPS) is 11.6. The number of alkyl halides is 3. The topological polar surface area (TPSA) is 42.0 Å². The van der Waals surface area contributed by atoms with E-state index in [0.717, 1.165) is 0 Å². The van der Waals surface area contributed by atoms with Crippen LogP contribution in [0.5, 0.6) is 0 Å². The highest BCUT2D eigenvalue weighted by Gasteiger charge is 2.28. The summed E-state index contributed by atoms with van der Waals surface area (Å²) in [5, 5.41) is 2.56. The number of hydrogen-bond donors (Lipinski definition) is 1. The van der Waals surface area contributed by atoms with Crippen molar-refractivity contribution >= 4 is 29.6 Å². The van der Waals surface area contributed by atoms with E-state index in [0.29, 0.717) is 11.4 Å². The van der Waals surface area contributed by atoms with E-state index in [2.05, 4.69) is 10.3 Å². The van der Waals surface area contributed by atoms with E-state index >= 15 is 0 Å². The van der Waals surface area contributed by atoms with E-state index < -0.39 is 5.51 Å². The second kappa shape index (κ2) is 7.13. The largest absolute Gasteiger partial charge is 0.446 e. The number of nitrogens with one attached hydrogen (secondary N) is 1. The summed E-state index contributed by atoms with van der Waals surface area (Å²) in [5.74, 6) is 0.0570. The van der Waals surface area contributed by atoms with Gasteiger partial charge in [0.15, 0.2) is 0 Å². The Morgan fingerprint density at radius 2 is 1.86 bits per heavy atom. The van der Waals surface area contributed by atoms with Crippen LogP contribution in [0.1, 0.15) is 5.56 Å². The van der Waals surface area contributed by atoms with Crippen LogP contribution < -0.4 is 5.32 Å². The maximum Gasteiger partial charge on any atom is 0.446 e. The van der Waals surface area contributed by atoms with E-state index in [1.54, 1.807) is 24.4 Å². The molecule has 0 aliphatic carbocycles. The minimum Gasteiger partial charge on any atom is -0.307 e. The standard InChI is InChI=1S/C15H11F3N2OS/c16-15(17,18)22-12-7-4-11(5-8-12)6-9-14(21)20-13-3-1-2-10-19-13/h1-10H,(H,19,20,21)/b9-6+. The first kappa shape index (κ1) is 16.1. The van der Waals surface area contributed by atoms with Gasteiger partial charge in [0.25, 0.3) is 0 Å². The summed E-state index contributed by atoms with van der Waals surface area (Å²) >= 11 is -0.176. The fraction of sp³-hybridized carbons (Fsp3) is 0.0667. The van der Waals surface area contributed by atoms with Gasteiger partial charge in [-0.15, -0.1) is 0 Å². The lowest BCUT2D eigenvalue weighted by Gasteiger charge is -2.05. The number of hydrogen-bond acceptors (Lipinski definition) is 3. The molecule has 1 heterocycles. The van der Waals surface area contributed by atoms with Crippen LogP contribution in [0.4, 0.5) is 19.0 Å². The van der Waals surface area contributed by atoms with Crippen LogP contribution in [-0.2, 0) is 4.79 Å². The highest BCUT2D eigenvalue weighted by atomic mass is 32.2. The number of benzene rings is 1. The van der Waals surface area contributed by atoms with Crippen LogP contribution in [0.2, 0.25) is 0 Å². The molecule has 0 saturated carbocycles. The molecule has 0 fully saturated rings. The van der Waals surface area contributed by atoms with Crippen molar-refractivity contribution in [1.82, 2.24) is 4.98 Å². The molecule has 1 aromatic heterocycles. The Hall–Kier alpha value is -2.28. The molecule has 1 N–H and O–H groups in total. The molecular weight excluding hydrogens is 313 g/mol. The van der Waals surface area contributed by atoms with Crippen molar-refractivity contribution in [3.05, 3.63) is 60.3 Å². The van der Waals surface area contributed by atoms with Crippen molar-refractivity contribution in [3.63, 3.8) is 0 Å². The molecule has 3 nitrogen and oxygen atoms in total. The fourth-order valence-corrected chi connectivity index (χ4v) is 2.10. The first-order valence-electron chi connectivity index (χ1n) is 6.18. The van der Waals surface area contributed by atoms with E-state index in [9.17, 15) is 18.0 Å². The zero-order valence-electron chi connectivity index (χ0n) is 11.2. The van der Waals surface area contributed by atoms with Crippen LogP contribution in [0.3, 0.4) is 0 Å². The van der Waals surface area contributed by atoms with Gasteiger partial charge in [0.1, 0.15) is 5.82 Å². The number of rotatable bonds is 4. The van der Waals surface area contributed by atoms with Gasteiger partial charge in [-0.1, -0.05) is 18.2 Å².